The maximum atomic E-state index is 5.83. The van der Waals surface area contributed by atoms with E-state index in [9.17, 15) is 0 Å². The number of ether oxygens (including phenoxy) is 1. The third-order valence-electron chi connectivity index (χ3n) is 3.75. The fraction of sp³-hybridized carbons (Fsp3) is 0.400. The molecule has 2 unspecified atom stereocenters. The smallest absolute Gasteiger partial charge is 0.0820 e. The highest BCUT2D eigenvalue weighted by atomic mass is 32.2. The van der Waals surface area contributed by atoms with E-state index in [0.717, 1.165) is 19.6 Å². The number of hydrogen-bond donors (Lipinski definition) is 1. The topological polar surface area (TPSA) is 53.1 Å². The first-order valence-electron chi connectivity index (χ1n) is 6.79. The molecule has 1 fully saturated rings. The minimum absolute atomic E-state index is 0.196. The molecule has 0 spiro atoms. The predicted molar refractivity (Wildman–Crippen MR) is 81.9 cm³/mol. The molecular formula is C15H19N3OS. The van der Waals surface area contributed by atoms with E-state index < -0.39 is 0 Å². The van der Waals surface area contributed by atoms with Crippen molar-refractivity contribution in [3.63, 3.8) is 0 Å². The van der Waals surface area contributed by atoms with E-state index in [-0.39, 0.29) is 6.04 Å². The lowest BCUT2D eigenvalue weighted by Crippen LogP contribution is -2.21. The Balaban J connectivity index is 1.99. The van der Waals surface area contributed by atoms with Crippen molar-refractivity contribution in [2.45, 2.75) is 17.4 Å². The molecule has 0 bridgehead atoms. The van der Waals surface area contributed by atoms with Crippen molar-refractivity contribution >= 4 is 17.4 Å². The van der Waals surface area contributed by atoms with Crippen LogP contribution in [0.4, 0.5) is 5.69 Å². The predicted octanol–water partition coefficient (Wildman–Crippen LogP) is 2.81. The highest BCUT2D eigenvalue weighted by molar-refractivity contribution is 7.98. The summed E-state index contributed by atoms with van der Waals surface area (Å²) in [5.74, 6) is 0.450. The molecule has 4 nitrogen and oxygen atoms in total. The van der Waals surface area contributed by atoms with E-state index in [0.29, 0.717) is 11.6 Å². The fourth-order valence-electron chi connectivity index (χ4n) is 2.77. The van der Waals surface area contributed by atoms with Gasteiger partial charge >= 0.3 is 0 Å². The largest absolute Gasteiger partial charge is 0.396 e. The van der Waals surface area contributed by atoms with Gasteiger partial charge < -0.3 is 10.5 Å². The van der Waals surface area contributed by atoms with Crippen LogP contribution in [-0.4, -0.2) is 29.3 Å². The van der Waals surface area contributed by atoms with Crippen molar-refractivity contribution in [3.05, 3.63) is 42.2 Å². The van der Waals surface area contributed by atoms with Crippen LogP contribution in [0.25, 0.3) is 0 Å². The third-order valence-corrected chi connectivity index (χ3v) is 4.48. The minimum atomic E-state index is 0.196. The van der Waals surface area contributed by atoms with Crippen molar-refractivity contribution in [1.29, 1.82) is 0 Å². The summed E-state index contributed by atoms with van der Waals surface area (Å²) in [4.78, 5) is 1.27. The van der Waals surface area contributed by atoms with Crippen molar-refractivity contribution in [2.75, 3.05) is 25.2 Å². The summed E-state index contributed by atoms with van der Waals surface area (Å²) in [5, 5.41) is 4.42. The molecule has 1 aliphatic heterocycles. The van der Waals surface area contributed by atoms with Crippen LogP contribution in [0.3, 0.4) is 0 Å². The summed E-state index contributed by atoms with van der Waals surface area (Å²) in [6.07, 6.45) is 6.78. The van der Waals surface area contributed by atoms with Gasteiger partial charge in [0, 0.05) is 23.6 Å². The zero-order valence-electron chi connectivity index (χ0n) is 11.5. The SMILES string of the molecule is CSc1cccc(C(C2CCOC2)n2cc(N)cn2)c1. The molecule has 106 valence electrons. The molecule has 0 radical (unpaired) electrons. The molecule has 1 aromatic carbocycles. The second-order valence-electron chi connectivity index (χ2n) is 5.10. The zero-order valence-corrected chi connectivity index (χ0v) is 12.3. The van der Waals surface area contributed by atoms with Crippen molar-refractivity contribution in [1.82, 2.24) is 9.78 Å². The van der Waals surface area contributed by atoms with E-state index in [1.165, 1.54) is 10.5 Å². The Morgan fingerprint density at radius 2 is 2.40 bits per heavy atom. The van der Waals surface area contributed by atoms with Gasteiger partial charge in [-0.05, 0) is 30.4 Å². The number of nitrogen functional groups attached to an aromatic ring is 1. The molecule has 2 N–H and O–H groups in total. The lowest BCUT2D eigenvalue weighted by Gasteiger charge is -2.24. The summed E-state index contributed by atoms with van der Waals surface area (Å²) < 4.78 is 7.55. The summed E-state index contributed by atoms with van der Waals surface area (Å²) >= 11 is 1.76. The minimum Gasteiger partial charge on any atom is -0.396 e. The van der Waals surface area contributed by atoms with Crippen LogP contribution in [0.15, 0.2) is 41.6 Å². The van der Waals surface area contributed by atoms with Crippen molar-refractivity contribution in [2.24, 2.45) is 5.92 Å². The van der Waals surface area contributed by atoms with Crippen LogP contribution in [0.5, 0.6) is 0 Å². The molecule has 2 aromatic rings. The van der Waals surface area contributed by atoms with Crippen molar-refractivity contribution < 1.29 is 4.74 Å². The van der Waals surface area contributed by atoms with Crippen LogP contribution < -0.4 is 5.73 Å². The van der Waals surface area contributed by atoms with Crippen LogP contribution in [0.1, 0.15) is 18.0 Å². The molecule has 1 aliphatic rings. The average Bonchev–Trinajstić information content (AvgIpc) is 3.12. The van der Waals surface area contributed by atoms with Crippen LogP contribution in [-0.2, 0) is 4.74 Å². The number of thioether (sulfide) groups is 1. The van der Waals surface area contributed by atoms with E-state index in [1.807, 2.05) is 10.9 Å². The number of aromatic nitrogens is 2. The maximum Gasteiger partial charge on any atom is 0.0820 e. The number of hydrogen-bond acceptors (Lipinski definition) is 4. The first kappa shape index (κ1) is 13.5. The number of nitrogens with zero attached hydrogens (tertiary/aromatic N) is 2. The molecular weight excluding hydrogens is 270 g/mol. The number of nitrogens with two attached hydrogens (primary N) is 1. The second-order valence-corrected chi connectivity index (χ2v) is 5.98. The van der Waals surface area contributed by atoms with E-state index in [1.54, 1.807) is 18.0 Å². The maximum absolute atomic E-state index is 5.83. The summed E-state index contributed by atoms with van der Waals surface area (Å²) in [6.45, 7) is 1.62. The van der Waals surface area contributed by atoms with Crippen LogP contribution in [0.2, 0.25) is 0 Å². The third kappa shape index (κ3) is 2.69. The van der Waals surface area contributed by atoms with Gasteiger partial charge in [-0.1, -0.05) is 12.1 Å². The van der Waals surface area contributed by atoms with E-state index >= 15 is 0 Å². The molecule has 1 saturated heterocycles. The number of anilines is 1. The van der Waals surface area contributed by atoms with Gasteiger partial charge in [0.05, 0.1) is 24.5 Å². The molecule has 0 saturated carbocycles. The molecule has 3 rings (SSSR count). The van der Waals surface area contributed by atoms with Gasteiger partial charge in [0.1, 0.15) is 0 Å². The molecule has 2 atom stereocenters. The summed E-state index contributed by atoms with van der Waals surface area (Å²) in [7, 11) is 0. The molecule has 0 aliphatic carbocycles. The van der Waals surface area contributed by atoms with Crippen LogP contribution >= 0.6 is 11.8 Å². The lowest BCUT2D eigenvalue weighted by atomic mass is 9.92. The number of benzene rings is 1. The van der Waals surface area contributed by atoms with Gasteiger partial charge in [0.2, 0.25) is 0 Å². The Morgan fingerprint density at radius 3 is 3.05 bits per heavy atom. The molecule has 20 heavy (non-hydrogen) atoms. The molecule has 5 heteroatoms. The van der Waals surface area contributed by atoms with Gasteiger partial charge in [-0.2, -0.15) is 5.10 Å². The van der Waals surface area contributed by atoms with Gasteiger partial charge in [0.15, 0.2) is 0 Å². The number of rotatable bonds is 4. The fourth-order valence-corrected chi connectivity index (χ4v) is 3.24. The standard InChI is InChI=1S/C15H19N3OS/c1-20-14-4-2-3-11(7-14)15(12-5-6-19-10-12)18-9-13(16)8-17-18/h2-4,7-9,12,15H,5-6,10,16H2,1H3. The van der Waals surface area contributed by atoms with Gasteiger partial charge in [-0.25, -0.2) is 0 Å². The average molecular weight is 289 g/mol. The Hall–Kier alpha value is -1.46. The summed E-state index contributed by atoms with van der Waals surface area (Å²) in [6, 6.07) is 8.85. The summed E-state index contributed by atoms with van der Waals surface area (Å²) in [5.41, 5.74) is 7.81. The Kier molecular flexibility index (Phi) is 3.98. The Labute approximate surface area is 123 Å². The molecule has 0 amide bonds. The van der Waals surface area contributed by atoms with Gasteiger partial charge in [-0.15, -0.1) is 11.8 Å². The first-order chi connectivity index (χ1) is 9.78. The van der Waals surface area contributed by atoms with E-state index in [4.69, 9.17) is 10.5 Å². The lowest BCUT2D eigenvalue weighted by molar-refractivity contribution is 0.176. The molecule has 2 heterocycles. The monoisotopic (exact) mass is 289 g/mol. The first-order valence-corrected chi connectivity index (χ1v) is 8.01. The quantitative estimate of drug-likeness (QED) is 0.879. The highest BCUT2D eigenvalue weighted by Gasteiger charge is 2.29. The van der Waals surface area contributed by atoms with Crippen molar-refractivity contribution in [3.8, 4) is 0 Å². The van der Waals surface area contributed by atoms with E-state index in [2.05, 4.69) is 35.6 Å². The molecule has 1 aromatic heterocycles. The second kappa shape index (κ2) is 5.89. The Morgan fingerprint density at radius 1 is 1.50 bits per heavy atom. The van der Waals surface area contributed by atoms with Gasteiger partial charge in [0.25, 0.3) is 0 Å². The Bertz CT molecular complexity index is 578. The zero-order chi connectivity index (χ0) is 13.9. The highest BCUT2D eigenvalue weighted by Crippen LogP contribution is 2.33. The normalized spacial score (nSPS) is 20.1. The van der Waals surface area contributed by atoms with Gasteiger partial charge in [-0.3, -0.25) is 4.68 Å². The van der Waals surface area contributed by atoms with Crippen LogP contribution in [0, 0.1) is 5.92 Å².